The van der Waals surface area contributed by atoms with Crippen LogP contribution in [0.5, 0.6) is 0 Å². The fraction of sp³-hybridized carbons (Fsp3) is 0.113. The average molecular weight is 782 g/mol. The Morgan fingerprint density at radius 2 is 0.603 bits per heavy atom. The molecule has 0 saturated carbocycles. The summed E-state index contributed by atoms with van der Waals surface area (Å²) in [6, 6.07) is 63.7. The van der Waals surface area contributed by atoms with Gasteiger partial charge in [-0.2, -0.15) is 0 Å². The fourth-order valence-electron chi connectivity index (χ4n) is 8.02. The maximum Gasteiger partial charge on any atom is 0.164 e. The predicted octanol–water partition coefficient (Wildman–Crippen LogP) is 13.3. The second kappa shape index (κ2) is 14.9. The molecule has 8 aromatic carbocycles. The minimum Gasteiger partial charge on any atom is -0.208 e. The Morgan fingerprint density at radius 3 is 1.03 bits per heavy atom. The van der Waals surface area contributed by atoms with Crippen LogP contribution in [0.4, 0.5) is 0 Å². The average Bonchev–Trinajstić information content (AvgIpc) is 3.25. The van der Waals surface area contributed by atoms with Crippen molar-refractivity contribution in [2.45, 2.75) is 39.3 Å². The van der Waals surface area contributed by atoms with Crippen molar-refractivity contribution >= 4 is 48.1 Å². The van der Waals surface area contributed by atoms with E-state index in [1.807, 2.05) is 0 Å². The highest BCUT2D eigenvalue weighted by Crippen LogP contribution is 2.44. The summed E-state index contributed by atoms with van der Waals surface area (Å²) in [5, 5.41) is 7.85. The molecule has 0 fully saturated rings. The van der Waals surface area contributed by atoms with Crippen LogP contribution in [0.3, 0.4) is 0 Å². The molecule has 0 bridgehead atoms. The number of fused-ring (bicyclic) bond motifs is 2. The van der Waals surface area contributed by atoms with Crippen molar-refractivity contribution in [1.29, 1.82) is 0 Å². The third kappa shape index (κ3) is 7.24. The van der Waals surface area contributed by atoms with E-state index in [4.69, 9.17) is 15.0 Å². The number of benzene rings is 8. The number of hydrogen-bond acceptors (Lipinski definition) is 3. The van der Waals surface area contributed by atoms with Gasteiger partial charge in [0.2, 0.25) is 0 Å². The molecule has 1 aromatic heterocycles. The molecular weight excluding hydrogens is 735 g/mol. The van der Waals surface area contributed by atoms with E-state index in [0.29, 0.717) is 17.5 Å². The van der Waals surface area contributed by atoms with Crippen LogP contribution >= 0.6 is 0 Å². The van der Waals surface area contributed by atoms with Crippen LogP contribution in [0.2, 0.25) is 39.3 Å². The topological polar surface area (TPSA) is 38.7 Å². The van der Waals surface area contributed by atoms with Crippen LogP contribution in [0.1, 0.15) is 0 Å². The third-order valence-corrected chi connectivity index (χ3v) is 15.4. The number of aromatic nitrogens is 3. The largest absolute Gasteiger partial charge is 0.208 e. The van der Waals surface area contributed by atoms with Crippen molar-refractivity contribution in [2.24, 2.45) is 0 Å². The quantitative estimate of drug-likeness (QED) is 0.114. The molecule has 0 amide bonds. The van der Waals surface area contributed by atoms with E-state index in [9.17, 15) is 0 Å². The van der Waals surface area contributed by atoms with Gasteiger partial charge in [-0.05, 0) is 61.0 Å². The van der Waals surface area contributed by atoms with Gasteiger partial charge in [0.05, 0.1) is 16.1 Å². The molecule has 58 heavy (non-hydrogen) atoms. The van der Waals surface area contributed by atoms with E-state index >= 15 is 0 Å². The van der Waals surface area contributed by atoms with Crippen molar-refractivity contribution in [3.63, 3.8) is 0 Å². The van der Waals surface area contributed by atoms with Crippen molar-refractivity contribution in [3.8, 4) is 67.5 Å². The second-order valence-corrected chi connectivity index (χ2v) is 27.5. The molecule has 0 aliphatic carbocycles. The number of nitrogens with zero attached hydrogens (tertiary/aromatic N) is 3. The fourth-order valence-corrected chi connectivity index (χ4v) is 10.4. The lowest BCUT2D eigenvalue weighted by atomic mass is 9.86. The van der Waals surface area contributed by atoms with Crippen molar-refractivity contribution in [1.82, 2.24) is 15.0 Å². The molecule has 0 spiro atoms. The molecular formula is C53H47N3Si2. The van der Waals surface area contributed by atoms with Gasteiger partial charge in [0.15, 0.2) is 17.5 Å². The first-order valence-electron chi connectivity index (χ1n) is 20.2. The van der Waals surface area contributed by atoms with Gasteiger partial charge < -0.3 is 0 Å². The Balaban J connectivity index is 1.12. The highest BCUT2D eigenvalue weighted by Gasteiger charge is 2.20. The molecule has 1 heterocycles. The van der Waals surface area contributed by atoms with Crippen LogP contribution in [0, 0.1) is 0 Å². The zero-order valence-corrected chi connectivity index (χ0v) is 36.1. The van der Waals surface area contributed by atoms with Gasteiger partial charge in [0, 0.05) is 16.7 Å². The molecule has 282 valence electrons. The summed E-state index contributed by atoms with van der Waals surface area (Å²) in [5.41, 5.74) is 10.2. The van der Waals surface area contributed by atoms with Gasteiger partial charge in [-0.1, -0.05) is 220 Å². The summed E-state index contributed by atoms with van der Waals surface area (Å²) in [6.07, 6.45) is 0. The first-order chi connectivity index (χ1) is 28.0. The Kier molecular flexibility index (Phi) is 9.59. The molecule has 0 N–H and O–H groups in total. The summed E-state index contributed by atoms with van der Waals surface area (Å²) in [6.45, 7) is 14.2. The highest BCUT2D eigenvalue weighted by molar-refractivity contribution is 6.89. The van der Waals surface area contributed by atoms with E-state index < -0.39 is 16.1 Å². The van der Waals surface area contributed by atoms with E-state index in [1.165, 1.54) is 54.2 Å². The maximum absolute atomic E-state index is 5.12. The lowest BCUT2D eigenvalue weighted by Crippen LogP contribution is -2.37. The smallest absolute Gasteiger partial charge is 0.164 e. The summed E-state index contributed by atoms with van der Waals surface area (Å²) >= 11 is 0. The van der Waals surface area contributed by atoms with Gasteiger partial charge >= 0.3 is 0 Å². The minimum atomic E-state index is -1.46. The normalized spacial score (nSPS) is 12.0. The lowest BCUT2D eigenvalue weighted by molar-refractivity contribution is 1.07. The van der Waals surface area contributed by atoms with Crippen LogP contribution in [0.15, 0.2) is 176 Å². The van der Waals surface area contributed by atoms with Crippen molar-refractivity contribution in [3.05, 3.63) is 176 Å². The molecule has 0 unspecified atom stereocenters. The monoisotopic (exact) mass is 781 g/mol. The molecule has 3 nitrogen and oxygen atoms in total. The van der Waals surface area contributed by atoms with E-state index in [1.54, 1.807) is 0 Å². The summed E-state index contributed by atoms with van der Waals surface area (Å²) in [7, 11) is -2.91. The van der Waals surface area contributed by atoms with Gasteiger partial charge in [0.25, 0.3) is 0 Å². The molecule has 0 saturated heterocycles. The number of hydrogen-bond donors (Lipinski definition) is 0. The summed E-state index contributed by atoms with van der Waals surface area (Å²) in [4.78, 5) is 15.3. The molecule has 5 heteroatoms. The van der Waals surface area contributed by atoms with Gasteiger partial charge in [0.1, 0.15) is 0 Å². The second-order valence-electron chi connectivity index (χ2n) is 17.3. The molecule has 0 atom stereocenters. The predicted molar refractivity (Wildman–Crippen MR) is 253 cm³/mol. The molecule has 0 aliphatic heterocycles. The summed E-state index contributed by atoms with van der Waals surface area (Å²) < 4.78 is 0. The van der Waals surface area contributed by atoms with Gasteiger partial charge in [-0.3, -0.25) is 0 Å². The molecule has 9 aromatic rings. The van der Waals surface area contributed by atoms with Crippen LogP contribution in [-0.4, -0.2) is 31.1 Å². The van der Waals surface area contributed by atoms with Crippen LogP contribution in [0.25, 0.3) is 89.1 Å². The maximum atomic E-state index is 5.12. The minimum absolute atomic E-state index is 0.665. The zero-order valence-electron chi connectivity index (χ0n) is 34.1. The van der Waals surface area contributed by atoms with E-state index in [2.05, 4.69) is 215 Å². The third-order valence-electron chi connectivity index (χ3n) is 11.3. The van der Waals surface area contributed by atoms with E-state index in [-0.39, 0.29) is 0 Å². The first-order valence-corrected chi connectivity index (χ1v) is 27.2. The Hall–Kier alpha value is -6.28. The molecule has 9 rings (SSSR count). The standard InChI is InChI=1S/C53H47N3Si2/c1-57(2,3)43-31-27-39(28-32-43)51-54-52(40-29-33-44(34-30-40)58(4,5)6)56-53(55-51)42-18-14-17-41(35-42)36-23-25-38(26-24-36)50-47-21-12-10-19-45(47)49(37-15-8-7-9-16-37)46-20-11-13-22-48(46)50/h7-35H,1-6H3. The first kappa shape index (κ1) is 37.3. The van der Waals surface area contributed by atoms with Gasteiger partial charge in [-0.15, -0.1) is 0 Å². The van der Waals surface area contributed by atoms with Crippen LogP contribution in [-0.2, 0) is 0 Å². The zero-order chi connectivity index (χ0) is 40.0. The lowest BCUT2D eigenvalue weighted by Gasteiger charge is -2.18. The Morgan fingerprint density at radius 1 is 0.276 bits per heavy atom. The van der Waals surface area contributed by atoms with Gasteiger partial charge in [-0.25, -0.2) is 15.0 Å². The highest BCUT2D eigenvalue weighted by atomic mass is 28.3. The van der Waals surface area contributed by atoms with E-state index in [0.717, 1.165) is 27.8 Å². The molecule has 0 aliphatic rings. The van der Waals surface area contributed by atoms with Crippen LogP contribution < -0.4 is 10.4 Å². The van der Waals surface area contributed by atoms with Crippen molar-refractivity contribution in [2.75, 3.05) is 0 Å². The summed E-state index contributed by atoms with van der Waals surface area (Å²) in [5.74, 6) is 2.03. The molecule has 0 radical (unpaired) electrons. The number of rotatable bonds is 8. The Bertz CT molecular complexity index is 2790. The SMILES string of the molecule is C[Si](C)(C)c1ccc(-c2nc(-c3ccc([Si](C)(C)C)cc3)nc(-c3cccc(-c4ccc(-c5c6ccccc6c(-c6ccccc6)c6ccccc56)cc4)c3)n2)cc1. The Labute approximate surface area is 344 Å². The van der Waals surface area contributed by atoms with Crippen molar-refractivity contribution < 1.29 is 0 Å².